The maximum absolute atomic E-state index is 11.3. The molecule has 0 rings (SSSR count). The lowest BCUT2D eigenvalue weighted by Gasteiger charge is -2.13. The number of ether oxygens (including phenoxy) is 2. The maximum Gasteiger partial charge on any atom is 0.472 e. The van der Waals surface area contributed by atoms with Crippen molar-refractivity contribution in [1.82, 2.24) is 0 Å². The highest BCUT2D eigenvalue weighted by Crippen LogP contribution is 2.42. The Morgan fingerprint density at radius 3 is 1.53 bits per heavy atom. The van der Waals surface area contributed by atoms with E-state index in [-0.39, 0.29) is 38.6 Å². The summed E-state index contributed by atoms with van der Waals surface area (Å²) in [6.07, 6.45) is 0.133. The van der Waals surface area contributed by atoms with E-state index in [2.05, 4.69) is 0 Å². The van der Waals surface area contributed by atoms with Gasteiger partial charge < -0.3 is 14.4 Å². The molecule has 7 heteroatoms. The number of phosphoric acid groups is 1. The third-order valence-corrected chi connectivity index (χ3v) is 2.60. The summed E-state index contributed by atoms with van der Waals surface area (Å²) in [5, 5.41) is 0. The minimum atomic E-state index is -3.97. The van der Waals surface area contributed by atoms with Gasteiger partial charge in [-0.3, -0.25) is 9.05 Å². The summed E-state index contributed by atoms with van der Waals surface area (Å²) >= 11 is 0. The average Bonchev–Trinajstić information content (AvgIpc) is 2.19. The highest BCUT2D eigenvalue weighted by molar-refractivity contribution is 7.47. The van der Waals surface area contributed by atoms with E-state index < -0.39 is 7.82 Å². The van der Waals surface area contributed by atoms with E-state index in [1.165, 1.54) is 0 Å². The fraction of sp³-hybridized carbons (Fsp3) is 1.00. The summed E-state index contributed by atoms with van der Waals surface area (Å²) in [5.41, 5.74) is 0. The first-order chi connectivity index (χ1) is 7.83. The van der Waals surface area contributed by atoms with Gasteiger partial charge in [0.25, 0.3) is 0 Å². The van der Waals surface area contributed by atoms with Gasteiger partial charge >= 0.3 is 7.82 Å². The van der Waals surface area contributed by atoms with Crippen LogP contribution in [0.3, 0.4) is 0 Å². The molecule has 0 aromatic heterocycles. The number of hydrogen-bond donors (Lipinski definition) is 1. The van der Waals surface area contributed by atoms with Gasteiger partial charge in [-0.25, -0.2) is 4.57 Å². The van der Waals surface area contributed by atoms with Crippen LogP contribution >= 0.6 is 7.82 Å². The van der Waals surface area contributed by atoms with Gasteiger partial charge in [0, 0.05) is 0 Å². The van der Waals surface area contributed by atoms with Gasteiger partial charge in [-0.05, 0) is 27.7 Å². The van der Waals surface area contributed by atoms with E-state index >= 15 is 0 Å². The van der Waals surface area contributed by atoms with Crippen molar-refractivity contribution < 1.29 is 28.0 Å². The fourth-order valence-electron chi connectivity index (χ4n) is 0.910. The zero-order valence-electron chi connectivity index (χ0n) is 10.9. The predicted molar refractivity (Wildman–Crippen MR) is 63.9 cm³/mol. The topological polar surface area (TPSA) is 74.2 Å². The van der Waals surface area contributed by atoms with E-state index in [9.17, 15) is 9.46 Å². The van der Waals surface area contributed by atoms with E-state index in [1.807, 2.05) is 27.7 Å². The zero-order valence-corrected chi connectivity index (χ0v) is 11.8. The lowest BCUT2D eigenvalue weighted by molar-refractivity contribution is 0.0273. The van der Waals surface area contributed by atoms with Crippen LogP contribution in [-0.4, -0.2) is 43.5 Å². The molecule has 104 valence electrons. The van der Waals surface area contributed by atoms with E-state index in [0.29, 0.717) is 0 Å². The Morgan fingerprint density at radius 1 is 0.882 bits per heavy atom. The standard InChI is InChI=1S/C10H23O6P/c1-9(2)13-5-7-15-17(11,12)16-8-6-14-10(3)4/h9-10H,5-8H2,1-4H3,(H,11,12). The second-order valence-electron chi connectivity index (χ2n) is 3.97. The Kier molecular flexibility index (Phi) is 9.04. The summed E-state index contributed by atoms with van der Waals surface area (Å²) in [6, 6.07) is 0. The zero-order chi connectivity index (χ0) is 13.3. The largest absolute Gasteiger partial charge is 0.472 e. The second kappa shape index (κ2) is 9.03. The minimum Gasteiger partial charge on any atom is -0.376 e. The number of hydrogen-bond acceptors (Lipinski definition) is 5. The first-order valence-electron chi connectivity index (χ1n) is 5.68. The van der Waals surface area contributed by atoms with Crippen molar-refractivity contribution in [3.63, 3.8) is 0 Å². The highest BCUT2D eigenvalue weighted by Gasteiger charge is 2.20. The normalized spacial score (nSPS) is 12.6. The quantitative estimate of drug-likeness (QED) is 0.483. The van der Waals surface area contributed by atoms with Crippen LogP contribution in [0.1, 0.15) is 27.7 Å². The third-order valence-electron chi connectivity index (χ3n) is 1.58. The first-order valence-corrected chi connectivity index (χ1v) is 7.18. The molecule has 0 heterocycles. The molecule has 0 amide bonds. The highest BCUT2D eigenvalue weighted by atomic mass is 31.2. The molecule has 0 aliphatic carbocycles. The summed E-state index contributed by atoms with van der Waals surface area (Å²) < 4.78 is 31.0. The van der Waals surface area contributed by atoms with E-state index in [0.717, 1.165) is 0 Å². The molecule has 0 aromatic carbocycles. The third kappa shape index (κ3) is 12.3. The lowest BCUT2D eigenvalue weighted by Crippen LogP contribution is -2.11. The first kappa shape index (κ1) is 17.0. The maximum atomic E-state index is 11.3. The van der Waals surface area contributed by atoms with Crippen molar-refractivity contribution in [2.75, 3.05) is 26.4 Å². The molecule has 6 nitrogen and oxygen atoms in total. The summed E-state index contributed by atoms with van der Waals surface area (Å²) in [4.78, 5) is 9.24. The molecular weight excluding hydrogens is 247 g/mol. The number of rotatable bonds is 10. The molecule has 0 saturated heterocycles. The van der Waals surface area contributed by atoms with Gasteiger partial charge in [0.2, 0.25) is 0 Å². The van der Waals surface area contributed by atoms with Gasteiger partial charge in [-0.1, -0.05) is 0 Å². The predicted octanol–water partition coefficient (Wildman–Crippen LogP) is 1.97. The molecular formula is C10H23O6P. The molecule has 0 bridgehead atoms. The van der Waals surface area contributed by atoms with Crippen LogP contribution in [0, 0.1) is 0 Å². The summed E-state index contributed by atoms with van der Waals surface area (Å²) in [6.45, 7) is 8.06. The molecule has 0 atom stereocenters. The molecule has 0 unspecified atom stereocenters. The Bertz CT molecular complexity index is 211. The second-order valence-corrected chi connectivity index (χ2v) is 5.43. The van der Waals surface area contributed by atoms with Crippen LogP contribution in [0.2, 0.25) is 0 Å². The summed E-state index contributed by atoms with van der Waals surface area (Å²) in [5.74, 6) is 0. The monoisotopic (exact) mass is 270 g/mol. The van der Waals surface area contributed by atoms with Crippen LogP contribution in [0.5, 0.6) is 0 Å². The van der Waals surface area contributed by atoms with Crippen molar-refractivity contribution in [2.24, 2.45) is 0 Å². The summed E-state index contributed by atoms with van der Waals surface area (Å²) in [7, 11) is -3.97. The average molecular weight is 270 g/mol. The Labute approximate surface area is 103 Å². The van der Waals surface area contributed by atoms with Crippen LogP contribution in [-0.2, 0) is 23.1 Å². The molecule has 0 fully saturated rings. The molecule has 0 saturated carbocycles. The van der Waals surface area contributed by atoms with Gasteiger partial charge in [-0.2, -0.15) is 0 Å². The number of phosphoric ester groups is 1. The van der Waals surface area contributed by atoms with Crippen molar-refractivity contribution in [3.05, 3.63) is 0 Å². The van der Waals surface area contributed by atoms with Crippen molar-refractivity contribution in [3.8, 4) is 0 Å². The Balaban J connectivity index is 3.55. The molecule has 0 radical (unpaired) electrons. The van der Waals surface area contributed by atoms with Crippen molar-refractivity contribution in [1.29, 1.82) is 0 Å². The molecule has 1 N–H and O–H groups in total. The van der Waals surface area contributed by atoms with Gasteiger partial charge in [-0.15, -0.1) is 0 Å². The van der Waals surface area contributed by atoms with Gasteiger partial charge in [0.05, 0.1) is 38.6 Å². The Hall–Kier alpha value is 0.0300. The minimum absolute atomic E-state index is 0.0248. The molecule has 0 aromatic rings. The SMILES string of the molecule is CC(C)OCCOP(=O)(O)OCCOC(C)C. The fourth-order valence-corrected chi connectivity index (χ4v) is 1.60. The Morgan fingerprint density at radius 2 is 1.24 bits per heavy atom. The van der Waals surface area contributed by atoms with Gasteiger partial charge in [0.15, 0.2) is 0 Å². The molecule has 0 aliphatic heterocycles. The smallest absolute Gasteiger partial charge is 0.376 e. The van der Waals surface area contributed by atoms with E-state index in [4.69, 9.17) is 18.5 Å². The van der Waals surface area contributed by atoms with Crippen LogP contribution in [0.25, 0.3) is 0 Å². The molecule has 0 aliphatic rings. The lowest BCUT2D eigenvalue weighted by atomic mass is 10.5. The molecule has 0 spiro atoms. The van der Waals surface area contributed by atoms with E-state index in [1.54, 1.807) is 0 Å². The van der Waals surface area contributed by atoms with Crippen LogP contribution in [0.4, 0.5) is 0 Å². The van der Waals surface area contributed by atoms with Crippen LogP contribution in [0.15, 0.2) is 0 Å². The molecule has 17 heavy (non-hydrogen) atoms. The van der Waals surface area contributed by atoms with Gasteiger partial charge in [0.1, 0.15) is 0 Å². The van der Waals surface area contributed by atoms with Crippen molar-refractivity contribution >= 4 is 7.82 Å². The van der Waals surface area contributed by atoms with Crippen molar-refractivity contribution in [2.45, 2.75) is 39.9 Å². The van der Waals surface area contributed by atoms with Crippen LogP contribution < -0.4 is 0 Å².